The van der Waals surface area contributed by atoms with E-state index in [0.717, 1.165) is 11.1 Å². The summed E-state index contributed by atoms with van der Waals surface area (Å²) in [6, 6.07) is 16.4. The summed E-state index contributed by atoms with van der Waals surface area (Å²) in [5.41, 5.74) is 8.67. The molecule has 0 radical (unpaired) electrons. The van der Waals surface area contributed by atoms with Crippen LogP contribution in [0, 0.1) is 13.8 Å². The van der Waals surface area contributed by atoms with Gasteiger partial charge in [-0.15, -0.1) is 0 Å². The van der Waals surface area contributed by atoms with Crippen LogP contribution in [-0.2, 0) is 22.4 Å². The molecule has 0 aliphatic heterocycles. The molecule has 0 saturated heterocycles. The van der Waals surface area contributed by atoms with Crippen LogP contribution in [0.4, 0.5) is 0 Å². The van der Waals surface area contributed by atoms with Crippen molar-refractivity contribution in [2.24, 2.45) is 5.73 Å². The van der Waals surface area contributed by atoms with Crippen LogP contribution < -0.4 is 21.7 Å². The zero-order valence-corrected chi connectivity index (χ0v) is 29.8. The van der Waals surface area contributed by atoms with Crippen LogP contribution in [0.25, 0.3) is 0 Å². The number of nitrogens with one attached hydrogen (secondary N) is 3. The van der Waals surface area contributed by atoms with Gasteiger partial charge in [0.2, 0.25) is 11.8 Å². The van der Waals surface area contributed by atoms with Crippen molar-refractivity contribution in [1.82, 2.24) is 16.0 Å². The zero-order valence-electron chi connectivity index (χ0n) is 29.8. The van der Waals surface area contributed by atoms with Gasteiger partial charge >= 0.3 is 5.97 Å². The summed E-state index contributed by atoms with van der Waals surface area (Å²) in [5, 5.41) is 72.0. The number of rotatable bonds is 11. The van der Waals surface area contributed by atoms with Gasteiger partial charge in [0.05, 0.1) is 11.6 Å². The number of aromatic hydroxyl groups is 6. The third-order valence-corrected chi connectivity index (χ3v) is 7.56. The van der Waals surface area contributed by atoms with Gasteiger partial charge in [-0.1, -0.05) is 12.1 Å². The van der Waals surface area contributed by atoms with Crippen molar-refractivity contribution in [1.29, 1.82) is 0 Å². The van der Waals surface area contributed by atoms with Crippen molar-refractivity contribution in [2.45, 2.75) is 52.6 Å². The Balaban J connectivity index is 0.000000305. The van der Waals surface area contributed by atoms with E-state index in [1.54, 1.807) is 45.9 Å². The van der Waals surface area contributed by atoms with Gasteiger partial charge in [-0.2, -0.15) is 0 Å². The lowest BCUT2D eigenvalue weighted by molar-refractivity contribution is -0.123. The number of carboxylic acids is 1. The van der Waals surface area contributed by atoms with Gasteiger partial charge in [-0.25, -0.2) is 4.79 Å². The van der Waals surface area contributed by atoms with Gasteiger partial charge in [-0.3, -0.25) is 14.4 Å². The standard InChI is InChI=1S/C19H22N2O5.C11H16N2O3.C8H8O3/c1-11-9-14(4-6-15(11)22)19(26)21-12(2)18(25)20-8-7-13-3-5-16(23)17(24)10-13;1-7(12)11(16)13-5-4-8-2-3-9(14)10(15)6-8;1-5-4-6(8(10)11)2-3-7(5)9/h3-6,9-10,12,22-24H,7-8H2,1-2H3,(H,20,25)(H,21,26);2-3,6-7,14-15H,4-5,12H2,1H3,(H,13,16);2-4,9H,1H3,(H,10,11). The summed E-state index contributed by atoms with van der Waals surface area (Å²) < 4.78 is 0. The van der Waals surface area contributed by atoms with Crippen molar-refractivity contribution in [3.8, 4) is 34.5 Å². The van der Waals surface area contributed by atoms with E-state index < -0.39 is 24.0 Å². The molecule has 0 aliphatic carbocycles. The molecule has 4 aromatic rings. The number of hydrogen-bond donors (Lipinski definition) is 11. The molecule has 2 atom stereocenters. The van der Waals surface area contributed by atoms with Crippen molar-refractivity contribution in [2.75, 3.05) is 13.1 Å². The van der Waals surface area contributed by atoms with Crippen LogP contribution in [0.1, 0.15) is 56.8 Å². The molecule has 0 aromatic heterocycles. The van der Waals surface area contributed by atoms with E-state index in [1.807, 2.05) is 0 Å². The molecule has 284 valence electrons. The number of carbonyl (C=O) groups excluding carboxylic acids is 3. The average Bonchev–Trinajstić information content (AvgIpc) is 3.10. The SMILES string of the molecule is CC(N)C(=O)NCCc1ccc(O)c(O)c1.Cc1cc(C(=O)NC(C)C(=O)NCCc2ccc(O)c(O)c2)ccc1O.Cc1cc(C(=O)O)ccc1O. The second-order valence-corrected chi connectivity index (χ2v) is 12.0. The van der Waals surface area contributed by atoms with Gasteiger partial charge in [0.1, 0.15) is 17.5 Å². The quantitative estimate of drug-likeness (QED) is 0.0993. The lowest BCUT2D eigenvalue weighted by Crippen LogP contribution is -2.45. The normalized spacial score (nSPS) is 11.3. The number of hydrogen-bond acceptors (Lipinski definition) is 11. The molecule has 3 amide bonds. The fourth-order valence-electron chi connectivity index (χ4n) is 4.35. The fourth-order valence-corrected chi connectivity index (χ4v) is 4.35. The number of carboxylic acid groups (broad SMARTS) is 1. The maximum Gasteiger partial charge on any atom is 0.335 e. The number of carbonyl (C=O) groups is 4. The van der Waals surface area contributed by atoms with Gasteiger partial charge in [0.15, 0.2) is 23.0 Å². The molecule has 0 spiro atoms. The van der Waals surface area contributed by atoms with Gasteiger partial charge in [0, 0.05) is 18.7 Å². The van der Waals surface area contributed by atoms with E-state index in [9.17, 15) is 39.6 Å². The molecule has 4 rings (SSSR count). The Morgan fingerprint density at radius 3 is 1.42 bits per heavy atom. The second kappa shape index (κ2) is 20.4. The summed E-state index contributed by atoms with van der Waals surface area (Å²) in [7, 11) is 0. The summed E-state index contributed by atoms with van der Waals surface area (Å²) in [6.45, 7) is 7.30. The molecule has 2 unspecified atom stereocenters. The van der Waals surface area contributed by atoms with Gasteiger partial charge < -0.3 is 57.4 Å². The summed E-state index contributed by atoms with van der Waals surface area (Å²) >= 11 is 0. The number of phenols is 6. The molecule has 53 heavy (non-hydrogen) atoms. The molecular formula is C38H46N4O11. The van der Waals surface area contributed by atoms with E-state index in [0.29, 0.717) is 42.6 Å². The molecule has 0 heterocycles. The highest BCUT2D eigenvalue weighted by Crippen LogP contribution is 2.26. The Hall–Kier alpha value is -6.48. The first-order valence-corrected chi connectivity index (χ1v) is 16.4. The lowest BCUT2D eigenvalue weighted by Gasteiger charge is -2.14. The van der Waals surface area contributed by atoms with Crippen LogP contribution in [-0.4, -0.2) is 84.6 Å². The predicted molar refractivity (Wildman–Crippen MR) is 196 cm³/mol. The highest BCUT2D eigenvalue weighted by molar-refractivity contribution is 5.97. The molecule has 15 heteroatoms. The molecular weight excluding hydrogens is 688 g/mol. The molecule has 0 aliphatic rings. The topological polar surface area (TPSA) is 272 Å². The summed E-state index contributed by atoms with van der Waals surface area (Å²) in [6.07, 6.45) is 1.05. The van der Waals surface area contributed by atoms with Crippen molar-refractivity contribution >= 4 is 23.7 Å². The largest absolute Gasteiger partial charge is 0.508 e. The monoisotopic (exact) mass is 734 g/mol. The lowest BCUT2D eigenvalue weighted by atomic mass is 10.1. The minimum Gasteiger partial charge on any atom is -0.508 e. The third kappa shape index (κ3) is 14.3. The Morgan fingerprint density at radius 2 is 1.00 bits per heavy atom. The van der Waals surface area contributed by atoms with Crippen molar-refractivity contribution in [3.63, 3.8) is 0 Å². The third-order valence-electron chi connectivity index (χ3n) is 7.56. The number of aromatic carboxylic acids is 1. The van der Waals surface area contributed by atoms with E-state index >= 15 is 0 Å². The van der Waals surface area contributed by atoms with E-state index in [1.165, 1.54) is 54.6 Å². The van der Waals surface area contributed by atoms with Gasteiger partial charge in [0.25, 0.3) is 5.91 Å². The molecule has 0 bridgehead atoms. The highest BCUT2D eigenvalue weighted by Gasteiger charge is 2.17. The zero-order chi connectivity index (χ0) is 39.8. The maximum atomic E-state index is 12.2. The number of benzene rings is 4. The van der Waals surface area contributed by atoms with Crippen molar-refractivity contribution in [3.05, 3.63) is 106 Å². The predicted octanol–water partition coefficient (Wildman–Crippen LogP) is 3.09. The minimum atomic E-state index is -0.979. The number of amides is 3. The average molecular weight is 735 g/mol. The summed E-state index contributed by atoms with van der Waals surface area (Å²) in [4.78, 5) is 45.8. The molecule has 0 fully saturated rings. The Bertz CT molecular complexity index is 1900. The maximum absolute atomic E-state index is 12.2. The Labute approximate surface area is 306 Å². The van der Waals surface area contributed by atoms with E-state index in [4.69, 9.17) is 21.1 Å². The molecule has 0 saturated carbocycles. The van der Waals surface area contributed by atoms with E-state index in [-0.39, 0.29) is 51.9 Å². The Kier molecular flexibility index (Phi) is 16.4. The Morgan fingerprint density at radius 1 is 0.585 bits per heavy atom. The summed E-state index contributed by atoms with van der Waals surface area (Å²) in [5.74, 6) is -2.41. The second-order valence-electron chi connectivity index (χ2n) is 12.0. The van der Waals surface area contributed by atoms with Crippen molar-refractivity contribution < 1.29 is 54.9 Å². The minimum absolute atomic E-state index is 0.104. The van der Waals surface area contributed by atoms with Crippen LogP contribution >= 0.6 is 0 Å². The van der Waals surface area contributed by atoms with Crippen LogP contribution in [0.15, 0.2) is 72.8 Å². The highest BCUT2D eigenvalue weighted by atomic mass is 16.4. The van der Waals surface area contributed by atoms with E-state index in [2.05, 4.69) is 16.0 Å². The van der Waals surface area contributed by atoms with Crippen LogP contribution in [0.2, 0.25) is 0 Å². The van der Waals surface area contributed by atoms with Gasteiger partial charge in [-0.05, 0) is 123 Å². The first-order valence-electron chi connectivity index (χ1n) is 16.4. The first kappa shape index (κ1) is 42.7. The molecule has 12 N–H and O–H groups in total. The smallest absolute Gasteiger partial charge is 0.335 e. The first-order chi connectivity index (χ1) is 24.9. The van der Waals surface area contributed by atoms with Crippen LogP contribution in [0.5, 0.6) is 34.5 Å². The molecule has 4 aromatic carbocycles. The number of nitrogens with two attached hydrogens (primary N) is 1. The van der Waals surface area contributed by atoms with Crippen LogP contribution in [0.3, 0.4) is 0 Å². The fraction of sp³-hybridized carbons (Fsp3) is 0.263. The number of phenolic OH excluding ortho intramolecular Hbond substituents is 6. The molecule has 15 nitrogen and oxygen atoms in total. The number of aryl methyl sites for hydroxylation is 2.